The highest BCUT2D eigenvalue weighted by molar-refractivity contribution is 7.90. The van der Waals surface area contributed by atoms with Gasteiger partial charge in [-0.1, -0.05) is 0 Å². The molecule has 2 saturated heterocycles. The van der Waals surface area contributed by atoms with E-state index in [1.165, 1.54) is 0 Å². The van der Waals surface area contributed by atoms with Crippen LogP contribution in [0, 0.1) is 11.3 Å². The lowest BCUT2D eigenvalue weighted by Crippen LogP contribution is -2.48. The van der Waals surface area contributed by atoms with Crippen molar-refractivity contribution >= 4 is 21.9 Å². The highest BCUT2D eigenvalue weighted by atomic mass is 32.2. The standard InChI is InChI=1S/C18H27N5O3S/c1-21(2)16(24)18-7-3-10-23(27(25,26)15-5-6-15)12-14(18)11-22(13-18)17-19-8-4-9-20-17/h4,8-9,14-15H,3,5-7,10-13H2,1-2H3/t14-,18+/m1/s1. The smallest absolute Gasteiger partial charge is 0.230 e. The number of anilines is 1. The van der Waals surface area contributed by atoms with Crippen LogP contribution in [0.5, 0.6) is 0 Å². The van der Waals surface area contributed by atoms with Crippen LogP contribution >= 0.6 is 0 Å². The van der Waals surface area contributed by atoms with E-state index in [0.29, 0.717) is 45.0 Å². The number of nitrogens with zero attached hydrogens (tertiary/aromatic N) is 5. The van der Waals surface area contributed by atoms with Gasteiger partial charge in [0.2, 0.25) is 21.9 Å². The van der Waals surface area contributed by atoms with E-state index in [-0.39, 0.29) is 17.1 Å². The Hall–Kier alpha value is -1.74. The van der Waals surface area contributed by atoms with E-state index in [1.54, 1.807) is 41.8 Å². The quantitative estimate of drug-likeness (QED) is 0.744. The van der Waals surface area contributed by atoms with Gasteiger partial charge in [-0.3, -0.25) is 4.79 Å². The summed E-state index contributed by atoms with van der Waals surface area (Å²) in [5.41, 5.74) is -0.587. The third-order valence-corrected chi connectivity index (χ3v) is 8.49. The average molecular weight is 394 g/mol. The predicted octanol–water partition coefficient (Wildman–Crippen LogP) is 0.575. The molecule has 1 aromatic heterocycles. The molecule has 3 aliphatic rings. The lowest BCUT2D eigenvalue weighted by atomic mass is 9.74. The minimum absolute atomic E-state index is 0.0627. The van der Waals surface area contributed by atoms with E-state index in [9.17, 15) is 13.2 Å². The Labute approximate surface area is 160 Å². The summed E-state index contributed by atoms with van der Waals surface area (Å²) in [6.45, 7) is 2.05. The van der Waals surface area contributed by atoms with Crippen LogP contribution in [0.25, 0.3) is 0 Å². The van der Waals surface area contributed by atoms with E-state index in [2.05, 4.69) is 9.97 Å². The van der Waals surface area contributed by atoms with Gasteiger partial charge in [-0.15, -0.1) is 0 Å². The first-order chi connectivity index (χ1) is 12.8. The van der Waals surface area contributed by atoms with Gasteiger partial charge in [-0.2, -0.15) is 0 Å². The summed E-state index contributed by atoms with van der Waals surface area (Å²) in [5, 5.41) is -0.218. The maximum Gasteiger partial charge on any atom is 0.230 e. The van der Waals surface area contributed by atoms with E-state index >= 15 is 0 Å². The van der Waals surface area contributed by atoms with Gasteiger partial charge in [0.1, 0.15) is 0 Å². The number of carbonyl (C=O) groups excluding carboxylic acids is 1. The van der Waals surface area contributed by atoms with Crippen molar-refractivity contribution in [3.63, 3.8) is 0 Å². The molecule has 148 valence electrons. The van der Waals surface area contributed by atoms with Gasteiger partial charge in [-0.05, 0) is 31.7 Å². The first-order valence-corrected chi connectivity index (χ1v) is 11.1. The number of hydrogen-bond donors (Lipinski definition) is 0. The van der Waals surface area contributed by atoms with Crippen LogP contribution in [0.15, 0.2) is 18.5 Å². The second-order valence-corrected chi connectivity index (χ2v) is 10.4. The van der Waals surface area contributed by atoms with Gasteiger partial charge in [0.15, 0.2) is 0 Å². The normalized spacial score (nSPS) is 29.3. The summed E-state index contributed by atoms with van der Waals surface area (Å²) >= 11 is 0. The fourth-order valence-electron chi connectivity index (χ4n) is 4.61. The summed E-state index contributed by atoms with van der Waals surface area (Å²) in [5.74, 6) is 0.622. The molecule has 4 rings (SSSR count). The monoisotopic (exact) mass is 393 g/mol. The Kier molecular flexibility index (Phi) is 4.62. The summed E-state index contributed by atoms with van der Waals surface area (Å²) in [7, 11) is 0.307. The van der Waals surface area contributed by atoms with Gasteiger partial charge >= 0.3 is 0 Å². The van der Waals surface area contributed by atoms with Crippen LogP contribution < -0.4 is 4.90 Å². The zero-order chi connectivity index (χ0) is 19.2. The Morgan fingerprint density at radius 3 is 2.56 bits per heavy atom. The molecule has 9 heteroatoms. The fraction of sp³-hybridized carbons (Fsp3) is 0.722. The second-order valence-electron chi connectivity index (χ2n) is 8.19. The Balaban J connectivity index is 1.66. The molecule has 0 spiro atoms. The van der Waals surface area contributed by atoms with Gasteiger partial charge < -0.3 is 9.80 Å². The average Bonchev–Trinajstić information content (AvgIpc) is 3.47. The third-order valence-electron chi connectivity index (χ3n) is 6.12. The number of fused-ring (bicyclic) bond motifs is 1. The Morgan fingerprint density at radius 1 is 1.22 bits per heavy atom. The Morgan fingerprint density at radius 2 is 1.93 bits per heavy atom. The van der Waals surface area contributed by atoms with Gasteiger partial charge in [0, 0.05) is 58.6 Å². The summed E-state index contributed by atoms with van der Waals surface area (Å²) in [6, 6.07) is 1.77. The maximum atomic E-state index is 13.2. The molecule has 0 radical (unpaired) electrons. The first-order valence-electron chi connectivity index (χ1n) is 9.57. The van der Waals surface area contributed by atoms with E-state index in [0.717, 1.165) is 12.8 Å². The summed E-state index contributed by atoms with van der Waals surface area (Å²) in [4.78, 5) is 25.6. The van der Waals surface area contributed by atoms with Crippen molar-refractivity contribution in [1.29, 1.82) is 0 Å². The minimum Gasteiger partial charge on any atom is -0.348 e. The molecule has 3 heterocycles. The molecule has 1 aliphatic carbocycles. The van der Waals surface area contributed by atoms with Crippen LogP contribution in [0.2, 0.25) is 0 Å². The first kappa shape index (κ1) is 18.6. The Bertz CT molecular complexity index is 812. The lowest BCUT2D eigenvalue weighted by molar-refractivity contribution is -0.141. The zero-order valence-electron chi connectivity index (χ0n) is 15.9. The van der Waals surface area contributed by atoms with Crippen LogP contribution in [0.1, 0.15) is 25.7 Å². The van der Waals surface area contributed by atoms with Gasteiger partial charge in [0.25, 0.3) is 0 Å². The lowest BCUT2D eigenvalue weighted by Gasteiger charge is -2.34. The highest BCUT2D eigenvalue weighted by Crippen LogP contribution is 2.46. The van der Waals surface area contributed by atoms with Gasteiger partial charge in [-0.25, -0.2) is 22.7 Å². The molecule has 1 aromatic rings. The molecule has 3 fully saturated rings. The molecule has 0 N–H and O–H groups in total. The van der Waals surface area contributed by atoms with Crippen molar-refractivity contribution in [2.75, 3.05) is 45.2 Å². The number of amides is 1. The van der Waals surface area contributed by atoms with Crippen molar-refractivity contribution in [2.45, 2.75) is 30.9 Å². The van der Waals surface area contributed by atoms with Crippen molar-refractivity contribution < 1.29 is 13.2 Å². The molecule has 2 aliphatic heterocycles. The van der Waals surface area contributed by atoms with Crippen LogP contribution in [-0.4, -0.2) is 79.0 Å². The molecule has 0 bridgehead atoms. The summed E-state index contributed by atoms with van der Waals surface area (Å²) < 4.78 is 27.3. The number of carbonyl (C=O) groups is 1. The van der Waals surface area contributed by atoms with E-state index < -0.39 is 15.4 Å². The number of hydrogen-bond acceptors (Lipinski definition) is 6. The number of sulfonamides is 1. The molecule has 0 aromatic carbocycles. The molecule has 2 atom stereocenters. The summed E-state index contributed by atoms with van der Waals surface area (Å²) in [6.07, 6.45) is 6.30. The number of rotatable bonds is 4. The van der Waals surface area contributed by atoms with Crippen molar-refractivity contribution in [3.05, 3.63) is 18.5 Å². The van der Waals surface area contributed by atoms with Crippen molar-refractivity contribution in [1.82, 2.24) is 19.2 Å². The molecule has 0 unspecified atom stereocenters. The SMILES string of the molecule is CN(C)C(=O)[C@]12CCCN(S(=O)(=O)C3CC3)C[C@H]1CN(c1ncccn1)C2. The topological polar surface area (TPSA) is 86.7 Å². The largest absolute Gasteiger partial charge is 0.348 e. The van der Waals surface area contributed by atoms with Crippen molar-refractivity contribution in [3.8, 4) is 0 Å². The van der Waals surface area contributed by atoms with Crippen LogP contribution in [0.4, 0.5) is 5.95 Å². The molecular formula is C18H27N5O3S. The minimum atomic E-state index is -3.25. The molecule has 1 saturated carbocycles. The second kappa shape index (κ2) is 6.70. The molecular weight excluding hydrogens is 366 g/mol. The molecule has 8 nitrogen and oxygen atoms in total. The fourth-order valence-corrected chi connectivity index (χ4v) is 6.53. The predicted molar refractivity (Wildman–Crippen MR) is 102 cm³/mol. The van der Waals surface area contributed by atoms with Crippen molar-refractivity contribution in [2.24, 2.45) is 11.3 Å². The van der Waals surface area contributed by atoms with Crippen LogP contribution in [0.3, 0.4) is 0 Å². The zero-order valence-corrected chi connectivity index (χ0v) is 16.7. The number of aromatic nitrogens is 2. The molecule has 27 heavy (non-hydrogen) atoms. The highest BCUT2D eigenvalue weighted by Gasteiger charge is 2.55. The van der Waals surface area contributed by atoms with Crippen LogP contribution in [-0.2, 0) is 14.8 Å². The molecule has 1 amide bonds. The van der Waals surface area contributed by atoms with Gasteiger partial charge in [0.05, 0.1) is 10.7 Å². The van der Waals surface area contributed by atoms with E-state index in [1.807, 2.05) is 4.90 Å². The van der Waals surface area contributed by atoms with E-state index in [4.69, 9.17) is 0 Å². The third kappa shape index (κ3) is 3.20. The maximum absolute atomic E-state index is 13.2.